The van der Waals surface area contributed by atoms with Crippen LogP contribution in [0.4, 0.5) is 4.79 Å². The predicted octanol–water partition coefficient (Wildman–Crippen LogP) is -0.559. The van der Waals surface area contributed by atoms with Gasteiger partial charge in [-0.1, -0.05) is 0 Å². The van der Waals surface area contributed by atoms with E-state index >= 15 is 0 Å². The zero-order chi connectivity index (χ0) is 8.27. The van der Waals surface area contributed by atoms with Crippen LogP contribution in [0.5, 0.6) is 0 Å². The summed E-state index contributed by atoms with van der Waals surface area (Å²) in [7, 11) is 1.65. The summed E-state index contributed by atoms with van der Waals surface area (Å²) in [6.07, 6.45) is 0.722. The van der Waals surface area contributed by atoms with Crippen LogP contribution < -0.4 is 5.11 Å². The molecular weight excluding hydrogens is 146 g/mol. The zero-order valence-electron chi connectivity index (χ0n) is 6.58. The molecule has 1 amide bonds. The molecule has 4 nitrogen and oxygen atoms in total. The molecule has 0 N–H and O–H groups in total. The van der Waals surface area contributed by atoms with Crippen LogP contribution in [0.15, 0.2) is 0 Å². The molecule has 1 heterocycles. The second-order valence-electron chi connectivity index (χ2n) is 2.69. The van der Waals surface area contributed by atoms with Gasteiger partial charge in [0.1, 0.15) is 6.09 Å². The zero-order valence-corrected chi connectivity index (χ0v) is 6.58. The summed E-state index contributed by atoms with van der Waals surface area (Å²) in [5, 5.41) is 10.3. The molecule has 4 heteroatoms. The predicted molar refractivity (Wildman–Crippen MR) is 37.0 cm³/mol. The second-order valence-corrected chi connectivity index (χ2v) is 2.69. The van der Waals surface area contributed by atoms with Crippen LogP contribution in [-0.2, 0) is 4.74 Å². The molecule has 0 atom stereocenters. The van der Waals surface area contributed by atoms with Gasteiger partial charge in [0.15, 0.2) is 0 Å². The third-order valence-corrected chi connectivity index (χ3v) is 2.03. The van der Waals surface area contributed by atoms with Crippen molar-refractivity contribution in [1.82, 2.24) is 4.90 Å². The van der Waals surface area contributed by atoms with Gasteiger partial charge in [0.2, 0.25) is 0 Å². The third kappa shape index (κ3) is 2.08. The summed E-state index contributed by atoms with van der Waals surface area (Å²) >= 11 is 0. The van der Waals surface area contributed by atoms with E-state index in [-0.39, 0.29) is 6.10 Å². The molecule has 1 aliphatic heterocycles. The molecule has 0 aromatic rings. The first-order valence-corrected chi connectivity index (χ1v) is 3.72. The highest BCUT2D eigenvalue weighted by Crippen LogP contribution is 2.11. The molecule has 0 radical (unpaired) electrons. The number of likely N-dealkylation sites (tertiary alicyclic amines) is 1. The van der Waals surface area contributed by atoms with E-state index < -0.39 is 6.09 Å². The second kappa shape index (κ2) is 3.57. The molecule has 0 unspecified atom stereocenters. The quantitative estimate of drug-likeness (QED) is 0.514. The van der Waals surface area contributed by atoms with Gasteiger partial charge in [-0.05, 0) is 12.8 Å². The minimum Gasteiger partial charge on any atom is -0.530 e. The molecule has 1 aliphatic rings. The van der Waals surface area contributed by atoms with E-state index in [1.807, 2.05) is 0 Å². The largest absolute Gasteiger partial charge is 0.530 e. The van der Waals surface area contributed by atoms with Crippen LogP contribution in [0.3, 0.4) is 0 Å². The fourth-order valence-corrected chi connectivity index (χ4v) is 1.27. The first-order valence-electron chi connectivity index (χ1n) is 3.72. The fourth-order valence-electron chi connectivity index (χ4n) is 1.27. The first kappa shape index (κ1) is 8.33. The molecule has 0 aromatic heterocycles. The average Bonchev–Trinajstić information content (AvgIpc) is 2.05. The van der Waals surface area contributed by atoms with Crippen molar-refractivity contribution in [3.8, 4) is 0 Å². The van der Waals surface area contributed by atoms with Crippen LogP contribution in [-0.4, -0.2) is 37.3 Å². The van der Waals surface area contributed by atoms with Gasteiger partial charge in [0, 0.05) is 20.2 Å². The Bertz CT molecular complexity index is 141. The average molecular weight is 158 g/mol. The number of hydrogen-bond acceptors (Lipinski definition) is 3. The number of rotatable bonds is 1. The standard InChI is InChI=1S/C7H13NO3/c1-11-6-2-4-8(5-3-6)7(9)10/h6H,2-5H2,1H3,(H,9,10)/p-1. The molecule has 0 spiro atoms. The van der Waals surface area contributed by atoms with Crippen molar-refractivity contribution in [2.24, 2.45) is 0 Å². The molecule has 0 aromatic carbocycles. The van der Waals surface area contributed by atoms with E-state index in [0.717, 1.165) is 12.8 Å². The maximum absolute atomic E-state index is 10.3. The number of carbonyl (C=O) groups excluding carboxylic acids is 1. The molecule has 1 fully saturated rings. The summed E-state index contributed by atoms with van der Waals surface area (Å²) in [6.45, 7) is 1.08. The Morgan fingerprint density at radius 2 is 2.09 bits per heavy atom. The van der Waals surface area contributed by atoms with Crippen molar-refractivity contribution in [3.05, 3.63) is 0 Å². The van der Waals surface area contributed by atoms with Gasteiger partial charge >= 0.3 is 0 Å². The van der Waals surface area contributed by atoms with Gasteiger partial charge in [0.05, 0.1) is 6.10 Å². The van der Waals surface area contributed by atoms with Gasteiger partial charge in [-0.15, -0.1) is 0 Å². The van der Waals surface area contributed by atoms with E-state index in [9.17, 15) is 9.90 Å². The van der Waals surface area contributed by atoms with Crippen molar-refractivity contribution >= 4 is 6.09 Å². The molecule has 0 bridgehead atoms. The lowest BCUT2D eigenvalue weighted by Gasteiger charge is -2.32. The highest BCUT2D eigenvalue weighted by atomic mass is 16.5. The van der Waals surface area contributed by atoms with Gasteiger partial charge in [-0.25, -0.2) is 0 Å². The van der Waals surface area contributed by atoms with Crippen molar-refractivity contribution < 1.29 is 14.6 Å². The smallest absolute Gasteiger partial charge is 0.136 e. The minimum atomic E-state index is -1.07. The maximum Gasteiger partial charge on any atom is 0.136 e. The summed E-state index contributed by atoms with van der Waals surface area (Å²) in [5.74, 6) is 0. The van der Waals surface area contributed by atoms with Crippen molar-refractivity contribution in [2.75, 3.05) is 20.2 Å². The molecule has 1 rings (SSSR count). The molecule has 64 valence electrons. The summed E-state index contributed by atoms with van der Waals surface area (Å²) in [4.78, 5) is 11.6. The molecular formula is C7H12NO3-. The number of nitrogens with zero attached hydrogens (tertiary/aromatic N) is 1. The van der Waals surface area contributed by atoms with Crippen LogP contribution in [0, 0.1) is 0 Å². The number of piperidine rings is 1. The Morgan fingerprint density at radius 1 is 1.55 bits per heavy atom. The number of carboxylic acid groups (broad SMARTS) is 1. The van der Waals surface area contributed by atoms with Crippen molar-refractivity contribution in [2.45, 2.75) is 18.9 Å². The molecule has 11 heavy (non-hydrogen) atoms. The van der Waals surface area contributed by atoms with Gasteiger partial charge in [-0.3, -0.25) is 0 Å². The summed E-state index contributed by atoms with van der Waals surface area (Å²) in [6, 6.07) is 0. The highest BCUT2D eigenvalue weighted by molar-refractivity contribution is 5.62. The highest BCUT2D eigenvalue weighted by Gasteiger charge is 2.17. The first-order chi connectivity index (χ1) is 5.24. The molecule has 1 saturated heterocycles. The monoisotopic (exact) mass is 158 g/mol. The van der Waals surface area contributed by atoms with Gasteiger partial charge < -0.3 is 19.5 Å². The lowest BCUT2D eigenvalue weighted by Crippen LogP contribution is -2.46. The van der Waals surface area contributed by atoms with Crippen LogP contribution in [0.1, 0.15) is 12.8 Å². The molecule has 0 aliphatic carbocycles. The number of hydrogen-bond donors (Lipinski definition) is 0. The fraction of sp³-hybridized carbons (Fsp3) is 0.857. The Kier molecular flexibility index (Phi) is 2.70. The lowest BCUT2D eigenvalue weighted by molar-refractivity contribution is -0.267. The normalized spacial score (nSPS) is 20.3. The number of carbonyl (C=O) groups is 1. The Hall–Kier alpha value is -0.770. The van der Waals surface area contributed by atoms with Crippen LogP contribution >= 0.6 is 0 Å². The number of methoxy groups -OCH3 is 1. The van der Waals surface area contributed by atoms with Crippen molar-refractivity contribution in [1.29, 1.82) is 0 Å². The topological polar surface area (TPSA) is 52.6 Å². The maximum atomic E-state index is 10.3. The Labute approximate surface area is 65.8 Å². The summed E-state index contributed by atoms with van der Waals surface area (Å²) < 4.78 is 5.08. The van der Waals surface area contributed by atoms with Crippen molar-refractivity contribution in [3.63, 3.8) is 0 Å². The van der Waals surface area contributed by atoms with E-state index in [1.165, 1.54) is 4.90 Å². The van der Waals surface area contributed by atoms with Crippen LogP contribution in [0.25, 0.3) is 0 Å². The minimum absolute atomic E-state index is 0.227. The van der Waals surface area contributed by atoms with Gasteiger partial charge in [0.25, 0.3) is 0 Å². The van der Waals surface area contributed by atoms with E-state index in [2.05, 4.69) is 0 Å². The van der Waals surface area contributed by atoms with E-state index in [4.69, 9.17) is 4.74 Å². The van der Waals surface area contributed by atoms with E-state index in [0.29, 0.717) is 13.1 Å². The Balaban J connectivity index is 2.30. The Morgan fingerprint density at radius 3 is 2.45 bits per heavy atom. The summed E-state index contributed by atoms with van der Waals surface area (Å²) in [5.41, 5.74) is 0. The number of ether oxygens (including phenoxy) is 1. The SMILES string of the molecule is COC1CCN(C(=O)[O-])CC1. The number of amides is 1. The lowest BCUT2D eigenvalue weighted by atomic mass is 10.1. The van der Waals surface area contributed by atoms with Crippen LogP contribution in [0.2, 0.25) is 0 Å². The third-order valence-electron chi connectivity index (χ3n) is 2.03. The van der Waals surface area contributed by atoms with Gasteiger partial charge in [-0.2, -0.15) is 0 Å². The molecule has 0 saturated carbocycles. The van der Waals surface area contributed by atoms with E-state index in [1.54, 1.807) is 7.11 Å².